The van der Waals surface area contributed by atoms with Crippen LogP contribution in [0.1, 0.15) is 37.6 Å². The number of aliphatic carboxylic acids is 1. The van der Waals surface area contributed by atoms with Gasteiger partial charge in [0, 0.05) is 11.1 Å². The molecule has 1 aromatic carbocycles. The van der Waals surface area contributed by atoms with Gasteiger partial charge in [0.25, 0.3) is 5.91 Å². The van der Waals surface area contributed by atoms with Crippen molar-refractivity contribution in [1.29, 1.82) is 0 Å². The zero-order valence-electron chi connectivity index (χ0n) is 11.5. The van der Waals surface area contributed by atoms with Gasteiger partial charge in [0.1, 0.15) is 5.82 Å². The Morgan fingerprint density at radius 2 is 2.00 bits per heavy atom. The second kappa shape index (κ2) is 6.22. The molecule has 0 aliphatic carbocycles. The van der Waals surface area contributed by atoms with Gasteiger partial charge in [-0.2, -0.15) is 0 Å². The minimum atomic E-state index is -1.03. The third-order valence-electron chi connectivity index (χ3n) is 2.90. The zero-order chi connectivity index (χ0) is 15.5. The number of carboxylic acid groups (broad SMARTS) is 1. The summed E-state index contributed by atoms with van der Waals surface area (Å²) in [5.41, 5.74) is -0.666. The third-order valence-corrected chi connectivity index (χ3v) is 3.14. The molecule has 0 saturated carbocycles. The highest BCUT2D eigenvalue weighted by Gasteiger charge is 2.29. The number of benzene rings is 1. The van der Waals surface area contributed by atoms with E-state index in [1.165, 1.54) is 12.1 Å². The first-order valence-corrected chi connectivity index (χ1v) is 6.46. The van der Waals surface area contributed by atoms with Crippen LogP contribution in [-0.2, 0) is 4.79 Å². The lowest BCUT2D eigenvalue weighted by Gasteiger charge is -2.30. The molecule has 1 aromatic rings. The van der Waals surface area contributed by atoms with E-state index in [1.54, 1.807) is 20.8 Å². The van der Waals surface area contributed by atoms with Crippen LogP contribution in [0.15, 0.2) is 18.2 Å². The van der Waals surface area contributed by atoms with Gasteiger partial charge in [0.15, 0.2) is 0 Å². The van der Waals surface area contributed by atoms with Crippen molar-refractivity contribution in [2.24, 2.45) is 5.41 Å². The predicted molar refractivity (Wildman–Crippen MR) is 74.4 cm³/mol. The van der Waals surface area contributed by atoms with Crippen LogP contribution in [0.25, 0.3) is 0 Å². The molecule has 1 unspecified atom stereocenters. The summed E-state index contributed by atoms with van der Waals surface area (Å²) in [6.07, 6.45) is -0.239. The largest absolute Gasteiger partial charge is 0.481 e. The van der Waals surface area contributed by atoms with E-state index < -0.39 is 29.2 Å². The number of carboxylic acids is 1. The van der Waals surface area contributed by atoms with Crippen molar-refractivity contribution in [3.05, 3.63) is 34.6 Å². The maximum atomic E-state index is 13.6. The second-order valence-corrected chi connectivity index (χ2v) is 6.05. The molecule has 1 amide bonds. The van der Waals surface area contributed by atoms with Gasteiger partial charge >= 0.3 is 5.97 Å². The molecule has 20 heavy (non-hydrogen) atoms. The molecule has 0 fully saturated rings. The number of hydrogen-bond donors (Lipinski definition) is 2. The van der Waals surface area contributed by atoms with E-state index >= 15 is 0 Å². The van der Waals surface area contributed by atoms with E-state index in [9.17, 15) is 14.0 Å². The molecule has 1 rings (SSSR count). The minimum absolute atomic E-state index is 0.197. The molecule has 0 heterocycles. The molecule has 0 radical (unpaired) electrons. The van der Waals surface area contributed by atoms with E-state index in [1.807, 2.05) is 0 Å². The average molecular weight is 302 g/mol. The fourth-order valence-electron chi connectivity index (χ4n) is 1.66. The fraction of sp³-hybridized carbons (Fsp3) is 0.429. The molecular weight excluding hydrogens is 285 g/mol. The van der Waals surface area contributed by atoms with Crippen molar-refractivity contribution in [3.63, 3.8) is 0 Å². The lowest BCUT2D eigenvalue weighted by molar-refractivity contribution is -0.138. The Morgan fingerprint density at radius 3 is 2.50 bits per heavy atom. The highest BCUT2D eigenvalue weighted by Crippen LogP contribution is 2.23. The lowest BCUT2D eigenvalue weighted by atomic mass is 9.84. The quantitative estimate of drug-likeness (QED) is 0.898. The van der Waals surface area contributed by atoms with Crippen LogP contribution in [-0.4, -0.2) is 23.0 Å². The molecule has 2 N–H and O–H groups in total. The Labute approximate surface area is 121 Å². The van der Waals surface area contributed by atoms with Crippen LogP contribution in [0, 0.1) is 11.2 Å². The van der Waals surface area contributed by atoms with Crippen LogP contribution in [0.3, 0.4) is 0 Å². The SMILES string of the molecule is CC(C)(C)C(CC(=O)O)NC(=O)c1cc(Cl)ccc1F. The van der Waals surface area contributed by atoms with Crippen LogP contribution < -0.4 is 5.32 Å². The molecular formula is C14H17ClFNO3. The van der Waals surface area contributed by atoms with Crippen molar-refractivity contribution in [1.82, 2.24) is 5.32 Å². The molecule has 0 aliphatic heterocycles. The first kappa shape index (κ1) is 16.4. The second-order valence-electron chi connectivity index (χ2n) is 5.61. The van der Waals surface area contributed by atoms with Gasteiger partial charge in [0.2, 0.25) is 0 Å². The zero-order valence-corrected chi connectivity index (χ0v) is 12.3. The summed E-state index contributed by atoms with van der Waals surface area (Å²) in [7, 11) is 0. The summed E-state index contributed by atoms with van der Waals surface area (Å²) < 4.78 is 13.6. The first-order chi connectivity index (χ1) is 9.11. The van der Waals surface area contributed by atoms with Crippen LogP contribution in [0.5, 0.6) is 0 Å². The molecule has 0 saturated heterocycles. The normalized spacial score (nSPS) is 12.8. The molecule has 110 valence electrons. The highest BCUT2D eigenvalue weighted by atomic mass is 35.5. The van der Waals surface area contributed by atoms with Gasteiger partial charge < -0.3 is 10.4 Å². The minimum Gasteiger partial charge on any atom is -0.481 e. The molecule has 1 atom stereocenters. The number of nitrogens with one attached hydrogen (secondary N) is 1. The van der Waals surface area contributed by atoms with E-state index in [0.717, 1.165) is 6.07 Å². The Bertz CT molecular complexity index is 526. The molecule has 0 spiro atoms. The first-order valence-electron chi connectivity index (χ1n) is 6.09. The Hall–Kier alpha value is -1.62. The van der Waals surface area contributed by atoms with Crippen molar-refractivity contribution >= 4 is 23.5 Å². The number of hydrogen-bond acceptors (Lipinski definition) is 2. The fourth-order valence-corrected chi connectivity index (χ4v) is 1.83. The maximum absolute atomic E-state index is 13.6. The summed E-state index contributed by atoms with van der Waals surface area (Å²) in [6.45, 7) is 5.40. The Balaban J connectivity index is 2.96. The topological polar surface area (TPSA) is 66.4 Å². The Morgan fingerprint density at radius 1 is 1.40 bits per heavy atom. The average Bonchev–Trinajstić information content (AvgIpc) is 2.29. The van der Waals surface area contributed by atoms with Gasteiger partial charge in [-0.05, 0) is 23.6 Å². The summed E-state index contributed by atoms with van der Waals surface area (Å²) in [5.74, 6) is -2.40. The number of rotatable bonds is 4. The van der Waals surface area contributed by atoms with E-state index in [4.69, 9.17) is 16.7 Å². The summed E-state index contributed by atoms with van der Waals surface area (Å²) in [4.78, 5) is 22.9. The maximum Gasteiger partial charge on any atom is 0.305 e. The van der Waals surface area contributed by atoms with Gasteiger partial charge in [-0.15, -0.1) is 0 Å². The molecule has 0 aromatic heterocycles. The molecule has 6 heteroatoms. The summed E-state index contributed by atoms with van der Waals surface area (Å²) in [5, 5.41) is 11.7. The molecule has 0 bridgehead atoms. The van der Waals surface area contributed by atoms with Crippen molar-refractivity contribution in [3.8, 4) is 0 Å². The number of carbonyl (C=O) groups excluding carboxylic acids is 1. The van der Waals surface area contributed by atoms with Crippen LogP contribution in [0.2, 0.25) is 5.02 Å². The predicted octanol–water partition coefficient (Wildman–Crippen LogP) is 3.10. The van der Waals surface area contributed by atoms with Crippen LogP contribution >= 0.6 is 11.6 Å². The standard InChI is InChI=1S/C14H17ClFNO3/c1-14(2,3)11(7-12(18)19)17-13(20)9-6-8(15)4-5-10(9)16/h4-6,11H,7H2,1-3H3,(H,17,20)(H,18,19). The summed E-state index contributed by atoms with van der Waals surface area (Å²) >= 11 is 5.73. The Kier molecular flexibility index (Phi) is 5.11. The van der Waals surface area contributed by atoms with Crippen molar-refractivity contribution in [2.45, 2.75) is 33.2 Å². The third kappa shape index (κ3) is 4.49. The number of carbonyl (C=O) groups is 2. The monoisotopic (exact) mass is 301 g/mol. The summed E-state index contributed by atoms with van der Waals surface area (Å²) in [6, 6.07) is 3.03. The van der Waals surface area contributed by atoms with Crippen molar-refractivity contribution in [2.75, 3.05) is 0 Å². The van der Waals surface area contributed by atoms with Gasteiger partial charge in [-0.1, -0.05) is 32.4 Å². The van der Waals surface area contributed by atoms with E-state index in [2.05, 4.69) is 5.32 Å². The van der Waals surface area contributed by atoms with Gasteiger partial charge in [-0.25, -0.2) is 4.39 Å². The lowest BCUT2D eigenvalue weighted by Crippen LogP contribution is -2.45. The highest BCUT2D eigenvalue weighted by molar-refractivity contribution is 6.31. The van der Waals surface area contributed by atoms with Gasteiger partial charge in [0.05, 0.1) is 12.0 Å². The number of halogens is 2. The smallest absolute Gasteiger partial charge is 0.305 e. The number of amides is 1. The van der Waals surface area contributed by atoms with E-state index in [0.29, 0.717) is 0 Å². The molecule has 0 aliphatic rings. The van der Waals surface area contributed by atoms with Crippen LogP contribution in [0.4, 0.5) is 4.39 Å². The van der Waals surface area contributed by atoms with Gasteiger partial charge in [-0.3, -0.25) is 9.59 Å². The molecule has 4 nitrogen and oxygen atoms in total. The van der Waals surface area contributed by atoms with E-state index in [-0.39, 0.29) is 17.0 Å². The van der Waals surface area contributed by atoms with Crippen molar-refractivity contribution < 1.29 is 19.1 Å².